The van der Waals surface area contributed by atoms with E-state index in [9.17, 15) is 18.7 Å². The Balaban J connectivity index is 2.33. The van der Waals surface area contributed by atoms with Crippen LogP contribution in [0.3, 0.4) is 0 Å². The second kappa shape index (κ2) is 6.21. The maximum absolute atomic E-state index is 13.5. The monoisotopic (exact) mass is 397 g/mol. The highest BCUT2D eigenvalue weighted by Gasteiger charge is 2.31. The molecule has 0 radical (unpaired) electrons. The van der Waals surface area contributed by atoms with Crippen LogP contribution in [0.25, 0.3) is 0 Å². The number of benzene rings is 1. The summed E-state index contributed by atoms with van der Waals surface area (Å²) >= 11 is 1.66. The number of likely N-dealkylation sites (tertiary alicyclic amines) is 1. The highest BCUT2D eigenvalue weighted by molar-refractivity contribution is 14.1. The van der Waals surface area contributed by atoms with Gasteiger partial charge in [0.15, 0.2) is 11.6 Å². The molecular weight excluding hydrogens is 383 g/mol. The fraction of sp³-hybridized carbons (Fsp3) is 0.462. The summed E-state index contributed by atoms with van der Waals surface area (Å²) in [6.07, 6.45) is 1.04. The predicted molar refractivity (Wildman–Crippen MR) is 76.9 cm³/mol. The van der Waals surface area contributed by atoms with Crippen LogP contribution in [-0.2, 0) is 11.2 Å². The van der Waals surface area contributed by atoms with Crippen molar-refractivity contribution in [2.45, 2.75) is 18.9 Å². The molecule has 1 aliphatic heterocycles. The Morgan fingerprint density at radius 3 is 2.65 bits per heavy atom. The van der Waals surface area contributed by atoms with Crippen molar-refractivity contribution in [2.75, 3.05) is 20.2 Å². The third kappa shape index (κ3) is 2.88. The molecule has 0 bridgehead atoms. The maximum Gasteiger partial charge on any atom is 0.321 e. The van der Waals surface area contributed by atoms with E-state index in [4.69, 9.17) is 4.74 Å². The number of hydrogen-bond acceptors (Lipinski definition) is 3. The molecule has 2 rings (SSSR count). The summed E-state index contributed by atoms with van der Waals surface area (Å²) in [5.74, 6) is -2.72. The third-order valence-corrected chi connectivity index (χ3v) is 4.39. The van der Waals surface area contributed by atoms with Gasteiger partial charge in [-0.2, -0.15) is 0 Å². The fourth-order valence-electron chi connectivity index (χ4n) is 2.23. The molecule has 0 aliphatic carbocycles. The summed E-state index contributed by atoms with van der Waals surface area (Å²) in [7, 11) is 1.36. The van der Waals surface area contributed by atoms with E-state index in [1.807, 2.05) is 0 Å². The van der Waals surface area contributed by atoms with Crippen molar-refractivity contribution in [2.24, 2.45) is 0 Å². The summed E-state index contributed by atoms with van der Waals surface area (Å²) in [5, 5.41) is 9.27. The van der Waals surface area contributed by atoms with E-state index < -0.39 is 23.6 Å². The molecule has 20 heavy (non-hydrogen) atoms. The molecule has 0 aromatic heterocycles. The first-order valence-corrected chi connectivity index (χ1v) is 7.20. The van der Waals surface area contributed by atoms with Gasteiger partial charge in [0.2, 0.25) is 0 Å². The lowest BCUT2D eigenvalue weighted by Gasteiger charge is -2.36. The number of carboxylic acid groups (broad SMARTS) is 1. The van der Waals surface area contributed by atoms with Crippen LogP contribution in [0.15, 0.2) is 6.07 Å². The topological polar surface area (TPSA) is 49.8 Å². The SMILES string of the molecule is COc1c(CC(C(=O)O)N2CCC2)cc(F)c(F)c1I. The summed E-state index contributed by atoms with van der Waals surface area (Å²) < 4.78 is 32.1. The highest BCUT2D eigenvalue weighted by atomic mass is 127. The molecule has 0 spiro atoms. The molecule has 1 heterocycles. The van der Waals surface area contributed by atoms with Gasteiger partial charge in [-0.05, 0) is 35.1 Å². The van der Waals surface area contributed by atoms with Crippen molar-refractivity contribution in [1.29, 1.82) is 0 Å². The van der Waals surface area contributed by atoms with Crippen LogP contribution in [-0.4, -0.2) is 42.2 Å². The zero-order valence-electron chi connectivity index (χ0n) is 10.8. The lowest BCUT2D eigenvalue weighted by atomic mass is 10.0. The first-order valence-electron chi connectivity index (χ1n) is 6.13. The molecule has 1 saturated heterocycles. The molecule has 0 amide bonds. The van der Waals surface area contributed by atoms with Gasteiger partial charge in [0, 0.05) is 25.1 Å². The summed E-state index contributed by atoms with van der Waals surface area (Å²) in [6.45, 7) is 1.42. The fourth-order valence-corrected chi connectivity index (χ4v) is 3.06. The summed E-state index contributed by atoms with van der Waals surface area (Å²) in [4.78, 5) is 13.1. The first-order chi connectivity index (χ1) is 9.45. The van der Waals surface area contributed by atoms with Gasteiger partial charge < -0.3 is 9.84 Å². The molecule has 7 heteroatoms. The van der Waals surface area contributed by atoms with Crippen molar-refractivity contribution in [3.05, 3.63) is 26.8 Å². The van der Waals surface area contributed by atoms with Gasteiger partial charge in [0.25, 0.3) is 0 Å². The predicted octanol–water partition coefficient (Wildman–Crippen LogP) is 2.28. The van der Waals surface area contributed by atoms with Crippen LogP contribution in [0.1, 0.15) is 12.0 Å². The standard InChI is InChI=1S/C13H14F2INO3/c1-20-12-7(5-8(14)10(15)11(12)16)6-9(13(18)19)17-3-2-4-17/h5,9H,2-4,6H2,1H3,(H,18,19). The van der Waals surface area contributed by atoms with E-state index in [1.165, 1.54) is 7.11 Å². The molecular formula is C13H14F2INO3. The number of methoxy groups -OCH3 is 1. The number of rotatable bonds is 5. The van der Waals surface area contributed by atoms with E-state index in [2.05, 4.69) is 0 Å². The van der Waals surface area contributed by atoms with Crippen molar-refractivity contribution < 1.29 is 23.4 Å². The molecule has 1 aromatic rings. The van der Waals surface area contributed by atoms with Crippen molar-refractivity contribution in [3.8, 4) is 5.75 Å². The van der Waals surface area contributed by atoms with Gasteiger partial charge in [0.1, 0.15) is 11.8 Å². The van der Waals surface area contributed by atoms with Gasteiger partial charge >= 0.3 is 5.97 Å². The van der Waals surface area contributed by atoms with Crippen molar-refractivity contribution >= 4 is 28.6 Å². The van der Waals surface area contributed by atoms with Gasteiger partial charge in [-0.1, -0.05) is 0 Å². The summed E-state index contributed by atoms with van der Waals surface area (Å²) in [6, 6.07) is 0.282. The number of halogens is 3. The number of nitrogens with zero attached hydrogens (tertiary/aromatic N) is 1. The Kier molecular flexibility index (Phi) is 4.79. The minimum Gasteiger partial charge on any atom is -0.495 e. The van der Waals surface area contributed by atoms with E-state index in [0.29, 0.717) is 18.7 Å². The van der Waals surface area contributed by atoms with E-state index in [1.54, 1.807) is 27.5 Å². The van der Waals surface area contributed by atoms with Gasteiger partial charge in [-0.3, -0.25) is 9.69 Å². The second-order valence-corrected chi connectivity index (χ2v) is 5.71. The Labute approximate surface area is 128 Å². The van der Waals surface area contributed by atoms with E-state index >= 15 is 0 Å². The Bertz CT molecular complexity index is 535. The van der Waals surface area contributed by atoms with E-state index in [-0.39, 0.29) is 15.7 Å². The molecule has 1 aromatic carbocycles. The number of ether oxygens (including phenoxy) is 1. The molecule has 110 valence electrons. The minimum atomic E-state index is -0.988. The van der Waals surface area contributed by atoms with Crippen LogP contribution >= 0.6 is 22.6 Å². The number of aliphatic carboxylic acids is 1. The molecule has 1 aliphatic rings. The zero-order chi connectivity index (χ0) is 14.9. The number of carboxylic acids is 1. The lowest BCUT2D eigenvalue weighted by Crippen LogP contribution is -2.50. The Hall–Kier alpha value is -0.960. The summed E-state index contributed by atoms with van der Waals surface area (Å²) in [5.41, 5.74) is 0.370. The van der Waals surface area contributed by atoms with Crippen LogP contribution in [0.5, 0.6) is 5.75 Å². The van der Waals surface area contributed by atoms with Crippen molar-refractivity contribution in [1.82, 2.24) is 4.90 Å². The smallest absolute Gasteiger partial charge is 0.321 e. The minimum absolute atomic E-state index is 0.0350. The largest absolute Gasteiger partial charge is 0.495 e. The average Bonchev–Trinajstić information content (AvgIpc) is 2.33. The number of hydrogen-bond donors (Lipinski definition) is 1. The lowest BCUT2D eigenvalue weighted by molar-refractivity contribution is -0.144. The molecule has 1 unspecified atom stereocenters. The Morgan fingerprint density at radius 1 is 1.55 bits per heavy atom. The molecule has 1 N–H and O–H groups in total. The molecule has 1 atom stereocenters. The highest BCUT2D eigenvalue weighted by Crippen LogP contribution is 2.31. The Morgan fingerprint density at radius 2 is 2.20 bits per heavy atom. The van der Waals surface area contributed by atoms with Crippen LogP contribution in [0.4, 0.5) is 8.78 Å². The third-order valence-electron chi connectivity index (χ3n) is 3.43. The first kappa shape index (κ1) is 15.4. The quantitative estimate of drug-likeness (QED) is 0.612. The molecule has 0 saturated carbocycles. The van der Waals surface area contributed by atoms with E-state index in [0.717, 1.165) is 12.5 Å². The normalized spacial score (nSPS) is 16.6. The average molecular weight is 397 g/mol. The van der Waals surface area contributed by atoms with Crippen molar-refractivity contribution in [3.63, 3.8) is 0 Å². The maximum atomic E-state index is 13.5. The van der Waals surface area contributed by atoms with Crippen LogP contribution in [0, 0.1) is 15.2 Å². The number of carbonyl (C=O) groups is 1. The van der Waals surface area contributed by atoms with Gasteiger partial charge in [-0.15, -0.1) is 0 Å². The van der Waals surface area contributed by atoms with Gasteiger partial charge in [0.05, 0.1) is 10.7 Å². The molecule has 1 fully saturated rings. The second-order valence-electron chi connectivity index (χ2n) is 4.63. The zero-order valence-corrected chi connectivity index (χ0v) is 13.0. The molecule has 4 nitrogen and oxygen atoms in total. The van der Waals surface area contributed by atoms with Crippen LogP contribution in [0.2, 0.25) is 0 Å². The van der Waals surface area contributed by atoms with Gasteiger partial charge in [-0.25, -0.2) is 8.78 Å². The van der Waals surface area contributed by atoms with Crippen LogP contribution < -0.4 is 4.74 Å².